The highest BCUT2D eigenvalue weighted by atomic mass is 16.5. The Morgan fingerprint density at radius 2 is 1.91 bits per heavy atom. The van der Waals surface area contributed by atoms with Crippen LogP contribution in [0.1, 0.15) is 32.3 Å². The van der Waals surface area contributed by atoms with Crippen LogP contribution < -0.4 is 4.74 Å². The van der Waals surface area contributed by atoms with Gasteiger partial charge in [-0.3, -0.25) is 0 Å². The Balaban J connectivity index is 2.34. The van der Waals surface area contributed by atoms with Crippen LogP contribution in [0.5, 0.6) is 5.75 Å². The molecule has 0 radical (unpaired) electrons. The summed E-state index contributed by atoms with van der Waals surface area (Å²) in [5, 5.41) is 18.2. The fourth-order valence-electron chi connectivity index (χ4n) is 2.84. The predicted octanol–water partition coefficient (Wildman–Crippen LogP) is 4.80. The minimum absolute atomic E-state index is 0.0388. The normalized spacial score (nSPS) is 16.4. The van der Waals surface area contributed by atoms with Crippen molar-refractivity contribution < 1.29 is 4.74 Å². The lowest BCUT2D eigenvalue weighted by molar-refractivity contribution is 0.354. The number of hydrogen-bond acceptors (Lipinski definition) is 3. The first kappa shape index (κ1) is 16.6. The molecule has 1 aliphatic rings. The number of nitriles is 2. The third-order valence-corrected chi connectivity index (χ3v) is 3.84. The summed E-state index contributed by atoms with van der Waals surface area (Å²) in [6.07, 6.45) is 7.73. The standard InChI is InChI=1S/C20H20N2O/c1-20(2)11-16(9-17(12-20)18(13-21)14-22)8-7-15-5-4-6-19(10-15)23-3/h4-10H,11-12H2,1-3H3/b8-7+. The second-order valence-corrected chi connectivity index (χ2v) is 6.47. The summed E-state index contributed by atoms with van der Waals surface area (Å²) in [5.74, 6) is 0.821. The molecule has 0 saturated carbocycles. The predicted molar refractivity (Wildman–Crippen MR) is 91.4 cm³/mol. The monoisotopic (exact) mass is 304 g/mol. The zero-order valence-corrected chi connectivity index (χ0v) is 13.8. The molecule has 0 aliphatic heterocycles. The molecular weight excluding hydrogens is 284 g/mol. The molecule has 3 nitrogen and oxygen atoms in total. The van der Waals surface area contributed by atoms with Crippen LogP contribution in [0.3, 0.4) is 0 Å². The van der Waals surface area contributed by atoms with Crippen molar-refractivity contribution >= 4 is 6.08 Å². The van der Waals surface area contributed by atoms with Gasteiger partial charge in [0.25, 0.3) is 0 Å². The van der Waals surface area contributed by atoms with Gasteiger partial charge in [0.2, 0.25) is 0 Å². The van der Waals surface area contributed by atoms with Gasteiger partial charge < -0.3 is 4.74 Å². The van der Waals surface area contributed by atoms with Gasteiger partial charge in [-0.25, -0.2) is 0 Å². The van der Waals surface area contributed by atoms with Crippen LogP contribution in [0.4, 0.5) is 0 Å². The molecule has 0 atom stereocenters. The summed E-state index contributed by atoms with van der Waals surface area (Å²) >= 11 is 0. The van der Waals surface area contributed by atoms with Crippen LogP contribution in [0.25, 0.3) is 6.08 Å². The second-order valence-electron chi connectivity index (χ2n) is 6.47. The van der Waals surface area contributed by atoms with E-state index >= 15 is 0 Å². The summed E-state index contributed by atoms with van der Waals surface area (Å²) < 4.78 is 5.23. The lowest BCUT2D eigenvalue weighted by Crippen LogP contribution is -2.17. The number of methoxy groups -OCH3 is 1. The number of rotatable bonds is 3. The van der Waals surface area contributed by atoms with E-state index in [4.69, 9.17) is 15.3 Å². The summed E-state index contributed by atoms with van der Waals surface area (Å²) in [5.41, 5.74) is 3.26. The van der Waals surface area contributed by atoms with Gasteiger partial charge in [0.1, 0.15) is 23.5 Å². The van der Waals surface area contributed by atoms with Crippen molar-refractivity contribution in [1.29, 1.82) is 10.5 Å². The fraction of sp³-hybridized carbons (Fsp3) is 0.300. The van der Waals surface area contributed by atoms with Gasteiger partial charge in [-0.05, 0) is 47.1 Å². The summed E-state index contributed by atoms with van der Waals surface area (Å²) in [7, 11) is 1.65. The van der Waals surface area contributed by atoms with Gasteiger partial charge in [0, 0.05) is 0 Å². The quantitative estimate of drug-likeness (QED) is 0.754. The van der Waals surface area contributed by atoms with Crippen molar-refractivity contribution in [3.8, 4) is 17.9 Å². The van der Waals surface area contributed by atoms with E-state index in [2.05, 4.69) is 19.9 Å². The van der Waals surface area contributed by atoms with Gasteiger partial charge in [-0.2, -0.15) is 10.5 Å². The number of allylic oxidation sites excluding steroid dienone is 5. The first-order valence-corrected chi connectivity index (χ1v) is 7.53. The highest BCUT2D eigenvalue weighted by Gasteiger charge is 2.26. The van der Waals surface area contributed by atoms with Crippen molar-refractivity contribution in [2.45, 2.75) is 26.7 Å². The van der Waals surface area contributed by atoms with Crippen molar-refractivity contribution in [2.75, 3.05) is 7.11 Å². The van der Waals surface area contributed by atoms with Crippen LogP contribution >= 0.6 is 0 Å². The molecule has 1 aromatic rings. The van der Waals surface area contributed by atoms with E-state index in [0.29, 0.717) is 0 Å². The van der Waals surface area contributed by atoms with E-state index in [1.807, 2.05) is 48.6 Å². The molecule has 0 fully saturated rings. The van der Waals surface area contributed by atoms with Crippen molar-refractivity contribution in [3.63, 3.8) is 0 Å². The lowest BCUT2D eigenvalue weighted by Gasteiger charge is -2.30. The molecule has 0 amide bonds. The van der Waals surface area contributed by atoms with E-state index in [-0.39, 0.29) is 11.0 Å². The van der Waals surface area contributed by atoms with Gasteiger partial charge in [0.15, 0.2) is 0 Å². The summed E-state index contributed by atoms with van der Waals surface area (Å²) in [6, 6.07) is 11.8. The first-order chi connectivity index (χ1) is 11.0. The average molecular weight is 304 g/mol. The number of benzene rings is 1. The molecule has 1 aromatic carbocycles. The van der Waals surface area contributed by atoms with Crippen LogP contribution in [0.15, 0.2) is 53.1 Å². The summed E-state index contributed by atoms with van der Waals surface area (Å²) in [6.45, 7) is 4.32. The molecule has 0 heterocycles. The van der Waals surface area contributed by atoms with Gasteiger partial charge in [-0.15, -0.1) is 0 Å². The zero-order valence-electron chi connectivity index (χ0n) is 13.8. The molecule has 116 valence electrons. The Labute approximate surface area is 137 Å². The molecule has 0 aromatic heterocycles. The van der Waals surface area contributed by atoms with Crippen molar-refractivity contribution in [3.05, 3.63) is 58.7 Å². The van der Waals surface area contributed by atoms with E-state index in [0.717, 1.165) is 35.3 Å². The molecule has 0 saturated heterocycles. The van der Waals surface area contributed by atoms with Gasteiger partial charge in [0.05, 0.1) is 7.11 Å². The SMILES string of the molecule is COc1cccc(/C=C/C2=CC(=C(C#N)C#N)CC(C)(C)C2)c1. The summed E-state index contributed by atoms with van der Waals surface area (Å²) in [4.78, 5) is 0. The fourth-order valence-corrected chi connectivity index (χ4v) is 2.84. The Hall–Kier alpha value is -2.78. The maximum atomic E-state index is 9.11. The number of ether oxygens (including phenoxy) is 1. The molecule has 23 heavy (non-hydrogen) atoms. The maximum absolute atomic E-state index is 9.11. The molecule has 2 rings (SSSR count). The molecule has 0 unspecified atom stereocenters. The third kappa shape index (κ3) is 4.34. The number of hydrogen-bond donors (Lipinski definition) is 0. The highest BCUT2D eigenvalue weighted by Crippen LogP contribution is 2.39. The molecule has 1 aliphatic carbocycles. The topological polar surface area (TPSA) is 56.8 Å². The van der Waals surface area contributed by atoms with Gasteiger partial charge >= 0.3 is 0 Å². The van der Waals surface area contributed by atoms with Crippen molar-refractivity contribution in [2.24, 2.45) is 5.41 Å². The maximum Gasteiger partial charge on any atom is 0.132 e. The highest BCUT2D eigenvalue weighted by molar-refractivity contribution is 5.57. The first-order valence-electron chi connectivity index (χ1n) is 7.53. The Bertz CT molecular complexity index is 752. The van der Waals surface area contributed by atoms with Crippen LogP contribution in [0.2, 0.25) is 0 Å². The molecular formula is C20H20N2O. The van der Waals surface area contributed by atoms with Crippen LogP contribution in [-0.4, -0.2) is 7.11 Å². The van der Waals surface area contributed by atoms with Crippen LogP contribution in [0, 0.1) is 28.1 Å². The Morgan fingerprint density at radius 3 is 2.57 bits per heavy atom. The smallest absolute Gasteiger partial charge is 0.132 e. The largest absolute Gasteiger partial charge is 0.497 e. The molecule has 3 heteroatoms. The minimum Gasteiger partial charge on any atom is -0.497 e. The van der Waals surface area contributed by atoms with E-state index in [9.17, 15) is 0 Å². The molecule has 0 N–H and O–H groups in total. The average Bonchev–Trinajstić information content (AvgIpc) is 2.53. The van der Waals surface area contributed by atoms with E-state index in [1.165, 1.54) is 0 Å². The minimum atomic E-state index is 0.0388. The van der Waals surface area contributed by atoms with Gasteiger partial charge in [-0.1, -0.05) is 44.2 Å². The van der Waals surface area contributed by atoms with E-state index in [1.54, 1.807) is 7.11 Å². The molecule has 0 spiro atoms. The van der Waals surface area contributed by atoms with Crippen LogP contribution in [-0.2, 0) is 0 Å². The van der Waals surface area contributed by atoms with Crippen molar-refractivity contribution in [1.82, 2.24) is 0 Å². The Morgan fingerprint density at radius 1 is 1.17 bits per heavy atom. The third-order valence-electron chi connectivity index (χ3n) is 3.84. The van der Waals surface area contributed by atoms with E-state index < -0.39 is 0 Å². The zero-order chi connectivity index (χ0) is 16.9. The second kappa shape index (κ2) is 6.99. The number of nitrogens with zero attached hydrogens (tertiary/aromatic N) is 2. The molecule has 0 bridgehead atoms. The lowest BCUT2D eigenvalue weighted by atomic mass is 9.74. The Kier molecular flexibility index (Phi) is 5.04.